The zero-order valence-corrected chi connectivity index (χ0v) is 11.5. The fraction of sp³-hybridized carbons (Fsp3) is 0.929. The van der Waals surface area contributed by atoms with E-state index in [4.69, 9.17) is 4.74 Å². The quantitative estimate of drug-likeness (QED) is 0.824. The predicted octanol–water partition coefficient (Wildman–Crippen LogP) is 1.40. The SMILES string of the molecule is COC1CCN(C(=O)CCC2CCNCC2)CC1. The number of ether oxygens (including phenoxy) is 1. The van der Waals surface area contributed by atoms with Crippen molar-refractivity contribution in [1.29, 1.82) is 0 Å². The maximum absolute atomic E-state index is 12.1. The molecule has 0 atom stereocenters. The molecule has 0 spiro atoms. The fourth-order valence-corrected chi connectivity index (χ4v) is 3.00. The third kappa shape index (κ3) is 3.95. The van der Waals surface area contributed by atoms with E-state index >= 15 is 0 Å². The second-order valence-corrected chi connectivity index (χ2v) is 5.55. The monoisotopic (exact) mass is 254 g/mol. The summed E-state index contributed by atoms with van der Waals surface area (Å²) in [6, 6.07) is 0. The predicted molar refractivity (Wildman–Crippen MR) is 71.4 cm³/mol. The Morgan fingerprint density at radius 3 is 2.50 bits per heavy atom. The molecule has 2 rings (SSSR count). The summed E-state index contributed by atoms with van der Waals surface area (Å²) in [5.41, 5.74) is 0. The van der Waals surface area contributed by atoms with Gasteiger partial charge in [-0.1, -0.05) is 0 Å². The zero-order chi connectivity index (χ0) is 12.8. The second kappa shape index (κ2) is 7.10. The first-order valence-electron chi connectivity index (χ1n) is 7.31. The topological polar surface area (TPSA) is 41.6 Å². The summed E-state index contributed by atoms with van der Waals surface area (Å²) in [7, 11) is 1.76. The number of carbonyl (C=O) groups excluding carboxylic acids is 1. The molecular formula is C14H26N2O2. The maximum atomic E-state index is 12.1. The van der Waals surface area contributed by atoms with Crippen LogP contribution in [0.3, 0.4) is 0 Å². The number of methoxy groups -OCH3 is 1. The smallest absolute Gasteiger partial charge is 0.222 e. The molecule has 18 heavy (non-hydrogen) atoms. The third-order valence-electron chi connectivity index (χ3n) is 4.35. The molecule has 104 valence electrons. The lowest BCUT2D eigenvalue weighted by Gasteiger charge is -2.32. The molecule has 2 aliphatic heterocycles. The molecule has 1 N–H and O–H groups in total. The Morgan fingerprint density at radius 1 is 1.22 bits per heavy atom. The molecule has 0 saturated carbocycles. The molecule has 0 bridgehead atoms. The van der Waals surface area contributed by atoms with E-state index in [-0.39, 0.29) is 0 Å². The van der Waals surface area contributed by atoms with Crippen molar-refractivity contribution in [3.05, 3.63) is 0 Å². The first-order chi connectivity index (χ1) is 8.79. The van der Waals surface area contributed by atoms with Gasteiger partial charge in [0, 0.05) is 26.6 Å². The zero-order valence-electron chi connectivity index (χ0n) is 11.5. The largest absolute Gasteiger partial charge is 0.381 e. The third-order valence-corrected chi connectivity index (χ3v) is 4.35. The molecule has 0 aromatic heterocycles. The highest BCUT2D eigenvalue weighted by Gasteiger charge is 2.23. The van der Waals surface area contributed by atoms with Crippen molar-refractivity contribution < 1.29 is 9.53 Å². The van der Waals surface area contributed by atoms with E-state index in [1.165, 1.54) is 12.8 Å². The van der Waals surface area contributed by atoms with E-state index in [1.807, 2.05) is 4.90 Å². The van der Waals surface area contributed by atoms with Gasteiger partial charge in [0.15, 0.2) is 0 Å². The van der Waals surface area contributed by atoms with Gasteiger partial charge < -0.3 is 15.0 Å². The average Bonchev–Trinajstić information content (AvgIpc) is 2.46. The van der Waals surface area contributed by atoms with Crippen molar-refractivity contribution in [1.82, 2.24) is 10.2 Å². The van der Waals surface area contributed by atoms with Crippen LogP contribution in [0.15, 0.2) is 0 Å². The van der Waals surface area contributed by atoms with Crippen LogP contribution >= 0.6 is 0 Å². The molecule has 2 fully saturated rings. The van der Waals surface area contributed by atoms with Crippen molar-refractivity contribution in [2.75, 3.05) is 33.3 Å². The molecule has 2 aliphatic rings. The van der Waals surface area contributed by atoms with E-state index in [2.05, 4.69) is 5.32 Å². The van der Waals surface area contributed by atoms with Crippen LogP contribution in [0.2, 0.25) is 0 Å². The number of amides is 1. The van der Waals surface area contributed by atoms with Crippen molar-refractivity contribution in [3.63, 3.8) is 0 Å². The Morgan fingerprint density at radius 2 is 1.89 bits per heavy atom. The van der Waals surface area contributed by atoms with Crippen LogP contribution in [-0.2, 0) is 9.53 Å². The van der Waals surface area contributed by atoms with Crippen LogP contribution in [0.5, 0.6) is 0 Å². The lowest BCUT2D eigenvalue weighted by molar-refractivity contribution is -0.133. The van der Waals surface area contributed by atoms with E-state index in [1.54, 1.807) is 7.11 Å². The summed E-state index contributed by atoms with van der Waals surface area (Å²) in [6.45, 7) is 4.00. The molecule has 0 radical (unpaired) electrons. The first kappa shape index (κ1) is 13.8. The molecule has 0 aromatic rings. The van der Waals surface area contributed by atoms with E-state index in [0.29, 0.717) is 12.0 Å². The van der Waals surface area contributed by atoms with Gasteiger partial charge in [-0.05, 0) is 51.1 Å². The highest BCUT2D eigenvalue weighted by molar-refractivity contribution is 5.76. The highest BCUT2D eigenvalue weighted by Crippen LogP contribution is 2.20. The normalized spacial score (nSPS) is 23.3. The maximum Gasteiger partial charge on any atom is 0.222 e. The lowest BCUT2D eigenvalue weighted by atomic mass is 9.93. The summed E-state index contributed by atoms with van der Waals surface area (Å²) in [6.07, 6.45) is 6.63. The second-order valence-electron chi connectivity index (χ2n) is 5.55. The molecule has 2 saturated heterocycles. The molecule has 1 amide bonds. The Balaban J connectivity index is 1.65. The van der Waals surface area contributed by atoms with Crippen LogP contribution in [0.25, 0.3) is 0 Å². The van der Waals surface area contributed by atoms with E-state index in [0.717, 1.165) is 57.8 Å². The molecule has 4 heteroatoms. The van der Waals surface area contributed by atoms with Crippen molar-refractivity contribution in [2.24, 2.45) is 5.92 Å². The molecule has 2 heterocycles. The number of likely N-dealkylation sites (tertiary alicyclic amines) is 1. The van der Waals surface area contributed by atoms with Gasteiger partial charge in [0.2, 0.25) is 5.91 Å². The Kier molecular flexibility index (Phi) is 5.45. The van der Waals surface area contributed by atoms with Crippen LogP contribution in [0, 0.1) is 5.92 Å². The van der Waals surface area contributed by atoms with Gasteiger partial charge >= 0.3 is 0 Å². The molecular weight excluding hydrogens is 228 g/mol. The van der Waals surface area contributed by atoms with Crippen LogP contribution < -0.4 is 5.32 Å². The molecule has 0 unspecified atom stereocenters. The van der Waals surface area contributed by atoms with Gasteiger partial charge in [-0.2, -0.15) is 0 Å². The van der Waals surface area contributed by atoms with Crippen LogP contribution in [-0.4, -0.2) is 50.2 Å². The summed E-state index contributed by atoms with van der Waals surface area (Å²) >= 11 is 0. The van der Waals surface area contributed by atoms with Gasteiger partial charge in [0.05, 0.1) is 6.10 Å². The number of hydrogen-bond acceptors (Lipinski definition) is 3. The summed E-state index contributed by atoms with van der Waals surface area (Å²) in [5, 5.41) is 3.37. The van der Waals surface area contributed by atoms with E-state index < -0.39 is 0 Å². The van der Waals surface area contributed by atoms with Crippen molar-refractivity contribution >= 4 is 5.91 Å². The lowest BCUT2D eigenvalue weighted by Crippen LogP contribution is -2.40. The van der Waals surface area contributed by atoms with Gasteiger partial charge in [-0.25, -0.2) is 0 Å². The Labute approximate surface area is 110 Å². The number of rotatable bonds is 4. The van der Waals surface area contributed by atoms with Crippen molar-refractivity contribution in [3.8, 4) is 0 Å². The Bertz CT molecular complexity index is 257. The van der Waals surface area contributed by atoms with Gasteiger partial charge in [-0.3, -0.25) is 4.79 Å². The first-order valence-corrected chi connectivity index (χ1v) is 7.31. The number of carbonyl (C=O) groups is 1. The van der Waals surface area contributed by atoms with Crippen molar-refractivity contribution in [2.45, 2.75) is 44.6 Å². The van der Waals surface area contributed by atoms with Crippen LogP contribution in [0.1, 0.15) is 38.5 Å². The number of hydrogen-bond donors (Lipinski definition) is 1. The number of nitrogens with zero attached hydrogens (tertiary/aromatic N) is 1. The fourth-order valence-electron chi connectivity index (χ4n) is 3.00. The summed E-state index contributed by atoms with van der Waals surface area (Å²) in [5.74, 6) is 1.11. The highest BCUT2D eigenvalue weighted by atomic mass is 16.5. The minimum Gasteiger partial charge on any atom is -0.381 e. The van der Waals surface area contributed by atoms with Gasteiger partial charge in [0.1, 0.15) is 0 Å². The van der Waals surface area contributed by atoms with Gasteiger partial charge in [-0.15, -0.1) is 0 Å². The summed E-state index contributed by atoms with van der Waals surface area (Å²) < 4.78 is 5.33. The van der Waals surface area contributed by atoms with Gasteiger partial charge in [0.25, 0.3) is 0 Å². The summed E-state index contributed by atoms with van der Waals surface area (Å²) in [4.78, 5) is 14.1. The average molecular weight is 254 g/mol. The van der Waals surface area contributed by atoms with Crippen LogP contribution in [0.4, 0.5) is 0 Å². The molecule has 4 nitrogen and oxygen atoms in total. The number of nitrogens with one attached hydrogen (secondary N) is 1. The Hall–Kier alpha value is -0.610. The molecule has 0 aliphatic carbocycles. The standard InChI is InChI=1S/C14H26N2O2/c1-18-13-6-10-16(11-7-13)14(17)3-2-12-4-8-15-9-5-12/h12-13,15H,2-11H2,1H3. The minimum absolute atomic E-state index is 0.350. The minimum atomic E-state index is 0.350. The molecule has 0 aromatic carbocycles. The number of piperidine rings is 2. The van der Waals surface area contributed by atoms with E-state index in [9.17, 15) is 4.79 Å².